The van der Waals surface area contributed by atoms with Gasteiger partial charge >= 0.3 is 0 Å². The van der Waals surface area contributed by atoms with E-state index in [-0.39, 0.29) is 13.2 Å². The van der Waals surface area contributed by atoms with Crippen LogP contribution in [-0.4, -0.2) is 320 Å². The number of rotatable bonds is 16. The van der Waals surface area contributed by atoms with Gasteiger partial charge in [-0.15, -0.1) is 0 Å². The van der Waals surface area contributed by atoms with E-state index in [9.17, 15) is 0 Å². The van der Waals surface area contributed by atoms with E-state index in [0.29, 0.717) is 23.0 Å². The Labute approximate surface area is 465 Å². The molecular formula is C50H84O26S2. The van der Waals surface area contributed by atoms with Crippen LogP contribution in [0, 0.1) is 0 Å². The lowest BCUT2D eigenvalue weighted by molar-refractivity contribution is -0.404. The van der Waals surface area contributed by atoms with E-state index in [0.717, 1.165) is 0 Å². The summed E-state index contributed by atoms with van der Waals surface area (Å²) in [5.41, 5.74) is 0. The molecule has 0 aromatic carbocycles. The van der Waals surface area contributed by atoms with Crippen LogP contribution in [0.2, 0.25) is 0 Å². The summed E-state index contributed by atoms with van der Waals surface area (Å²) in [6.45, 7) is 0.121. The van der Waals surface area contributed by atoms with E-state index in [1.807, 2.05) is 0 Å². The van der Waals surface area contributed by atoms with Crippen molar-refractivity contribution in [1.29, 1.82) is 0 Å². The Bertz CT molecular complexity index is 1680. The predicted molar refractivity (Wildman–Crippen MR) is 269 cm³/mol. The average molecular weight is 1170 g/mol. The highest BCUT2D eigenvalue weighted by atomic mass is 32.2. The van der Waals surface area contributed by atoms with Crippen molar-refractivity contribution in [3.05, 3.63) is 0 Å². The largest absolute Gasteiger partial charge is 0.382 e. The standard InChI is InChI=1S/C50H84O26S2/c1-51-15-21-27-33(53-3)39(59-9)45(65-21)73-29-23-17-77-20-26-32(76-49(69-23)43(63-13)35(29)55-5)38(58-8)42(62-12)48(68-26)72-28-22(16-52-2)66-46(40(60-10)34(28)54-4)74-30-24-18-78-19-25-31(37(57-7)41(61-11)47(67-25)71-27)75-50(70-24)44(64-14)36(30)56-6/h21-50H,15-20H2,1-14H3/t21-,22-,23-,24-,25-,26-,27-,28-,29-,30-,31-,32-,33+,34+,35+,36+,37+,38+,39-,40-,41-,42-,43-,44-,45-,46-,47-,48-,49-,50-/m1/s1. The van der Waals surface area contributed by atoms with E-state index in [2.05, 4.69) is 0 Å². The molecule has 0 unspecified atom stereocenters. The summed E-state index contributed by atoms with van der Waals surface area (Å²) in [5.74, 6) is 1.60. The SMILES string of the molecule is COC[C@H]1O[C@@H]2O[C@H]3[C@H](OC)[C@@H](OC)[C@H]4O[C@H]5[C@H](OC)[C@@H](OC)[C@@H](O[C@H]6[C@H](OC)[C@@H](OC)[C@@H](O[C@H]7[C@H](OC)[C@@H](OC)[C@H]8O[C@H]9[C@H](OC)[C@@H](OC)[C@@H](O[C@H]1[C@H](OC)[C@H]2OC)O[C@@H]9CSC[C@H]7O8)O[C@@H]6COC)O[C@@H]5CSC[C@H]3O4. The lowest BCUT2D eigenvalue weighted by Crippen LogP contribution is -2.69. The number of hydrogen-bond acceptors (Lipinski definition) is 28. The normalized spacial score (nSPS) is 50.1. The zero-order valence-corrected chi connectivity index (χ0v) is 48.6. The van der Waals surface area contributed by atoms with Gasteiger partial charge in [-0.3, -0.25) is 0 Å². The van der Waals surface area contributed by atoms with Gasteiger partial charge in [0.15, 0.2) is 37.7 Å². The monoisotopic (exact) mass is 1160 g/mol. The van der Waals surface area contributed by atoms with Gasteiger partial charge in [0, 0.05) is 123 Å². The summed E-state index contributed by atoms with van der Waals surface area (Å²) in [6, 6.07) is 0. The number of ether oxygens (including phenoxy) is 26. The van der Waals surface area contributed by atoms with Gasteiger partial charge in [-0.05, 0) is 0 Å². The van der Waals surface area contributed by atoms with Crippen LogP contribution in [0.4, 0.5) is 0 Å². The Hall–Kier alpha value is -0.340. The van der Waals surface area contributed by atoms with Gasteiger partial charge in [-0.2, -0.15) is 23.5 Å². The molecule has 78 heavy (non-hydrogen) atoms. The molecule has 28 heteroatoms. The lowest BCUT2D eigenvalue weighted by atomic mass is 9.94. The molecule has 12 rings (SSSR count). The highest BCUT2D eigenvalue weighted by molar-refractivity contribution is 7.99. The van der Waals surface area contributed by atoms with Crippen molar-refractivity contribution in [2.24, 2.45) is 0 Å². The number of hydrogen-bond donors (Lipinski definition) is 0. The molecule has 0 aromatic rings. The molecule has 26 nitrogen and oxygen atoms in total. The molecule has 12 bridgehead atoms. The van der Waals surface area contributed by atoms with E-state index >= 15 is 0 Å². The second-order valence-corrected chi connectivity index (χ2v) is 22.4. The maximum atomic E-state index is 7.06. The molecule has 0 radical (unpaired) electrons. The van der Waals surface area contributed by atoms with Gasteiger partial charge in [0.1, 0.15) is 122 Å². The predicted octanol–water partition coefficient (Wildman–Crippen LogP) is -0.373. The lowest BCUT2D eigenvalue weighted by Gasteiger charge is -2.52. The van der Waals surface area contributed by atoms with Crippen molar-refractivity contribution in [3.63, 3.8) is 0 Å². The Balaban J connectivity index is 1.13. The third-order valence-corrected chi connectivity index (χ3v) is 18.6. The van der Waals surface area contributed by atoms with Crippen molar-refractivity contribution >= 4 is 23.5 Å². The molecule has 12 saturated heterocycles. The zero-order chi connectivity index (χ0) is 55.4. The van der Waals surface area contributed by atoms with Crippen molar-refractivity contribution in [2.45, 2.75) is 184 Å². The van der Waals surface area contributed by atoms with E-state index < -0.39 is 184 Å². The Morgan fingerprint density at radius 2 is 0.436 bits per heavy atom. The van der Waals surface area contributed by atoms with Crippen molar-refractivity contribution < 1.29 is 123 Å². The van der Waals surface area contributed by atoms with Gasteiger partial charge in [-0.25, -0.2) is 0 Å². The van der Waals surface area contributed by atoms with Crippen LogP contribution in [0.5, 0.6) is 0 Å². The highest BCUT2D eigenvalue weighted by Crippen LogP contribution is 2.44. The maximum absolute atomic E-state index is 7.06. The molecule has 12 aliphatic heterocycles. The first-order valence-electron chi connectivity index (χ1n) is 26.4. The summed E-state index contributed by atoms with van der Waals surface area (Å²) in [5, 5.41) is 0. The van der Waals surface area contributed by atoms with Crippen molar-refractivity contribution in [1.82, 2.24) is 0 Å². The highest BCUT2D eigenvalue weighted by Gasteiger charge is 2.61. The molecule has 0 N–H and O–H groups in total. The minimum absolute atomic E-state index is 0.0605. The zero-order valence-electron chi connectivity index (χ0n) is 47.0. The van der Waals surface area contributed by atoms with Crippen LogP contribution in [0.1, 0.15) is 0 Å². The van der Waals surface area contributed by atoms with Crippen LogP contribution in [0.25, 0.3) is 0 Å². The molecule has 12 fully saturated rings. The van der Waals surface area contributed by atoms with E-state index in [1.54, 1.807) is 123 Å². The molecule has 12 heterocycles. The fourth-order valence-corrected chi connectivity index (χ4v) is 14.9. The quantitative estimate of drug-likeness (QED) is 0.192. The number of methoxy groups -OCH3 is 14. The Kier molecular flexibility index (Phi) is 22.9. The fourth-order valence-electron chi connectivity index (χ4n) is 12.7. The van der Waals surface area contributed by atoms with Crippen molar-refractivity contribution in [2.75, 3.05) is 136 Å². The summed E-state index contributed by atoms with van der Waals surface area (Å²) in [6.07, 6.45) is -25.3. The van der Waals surface area contributed by atoms with Gasteiger partial charge in [0.05, 0.1) is 37.6 Å². The molecule has 0 spiro atoms. The third-order valence-electron chi connectivity index (χ3n) is 16.4. The molecule has 30 atom stereocenters. The summed E-state index contributed by atoms with van der Waals surface area (Å²) >= 11 is 3.14. The van der Waals surface area contributed by atoms with Gasteiger partial charge < -0.3 is 123 Å². The summed E-state index contributed by atoms with van der Waals surface area (Å²) < 4.78 is 170. The fraction of sp³-hybridized carbons (Fsp3) is 1.00. The first kappa shape index (κ1) is 62.2. The van der Waals surface area contributed by atoms with Crippen molar-refractivity contribution in [3.8, 4) is 0 Å². The number of thioether (sulfide) groups is 2. The topological polar surface area (TPSA) is 240 Å². The Morgan fingerprint density at radius 3 is 0.641 bits per heavy atom. The molecule has 12 aliphatic rings. The van der Waals surface area contributed by atoms with Crippen LogP contribution in [-0.2, 0) is 123 Å². The first-order valence-corrected chi connectivity index (χ1v) is 28.7. The molecule has 0 saturated carbocycles. The molecule has 452 valence electrons. The first-order chi connectivity index (χ1) is 38.0. The molecule has 0 aromatic heterocycles. The summed E-state index contributed by atoms with van der Waals surface area (Å²) in [4.78, 5) is 0. The van der Waals surface area contributed by atoms with E-state index in [4.69, 9.17) is 123 Å². The van der Waals surface area contributed by atoms with Gasteiger partial charge in [-0.1, -0.05) is 0 Å². The second kappa shape index (κ2) is 28.7. The van der Waals surface area contributed by atoms with Crippen LogP contribution >= 0.6 is 23.5 Å². The molecular weight excluding hydrogens is 1080 g/mol. The second-order valence-electron chi connectivity index (χ2n) is 20.3. The van der Waals surface area contributed by atoms with Crippen LogP contribution in [0.15, 0.2) is 0 Å². The molecule has 0 aliphatic carbocycles. The van der Waals surface area contributed by atoms with E-state index in [1.165, 1.54) is 0 Å². The minimum Gasteiger partial charge on any atom is -0.382 e. The van der Waals surface area contributed by atoms with Gasteiger partial charge in [0.25, 0.3) is 0 Å². The average Bonchev–Trinajstić information content (AvgIpc) is 3.57. The third kappa shape index (κ3) is 12.2. The molecule has 0 amide bonds. The van der Waals surface area contributed by atoms with Crippen LogP contribution < -0.4 is 0 Å². The Morgan fingerprint density at radius 1 is 0.244 bits per heavy atom. The van der Waals surface area contributed by atoms with Crippen LogP contribution in [0.3, 0.4) is 0 Å². The smallest absolute Gasteiger partial charge is 0.187 e. The van der Waals surface area contributed by atoms with Gasteiger partial charge in [0.2, 0.25) is 0 Å². The summed E-state index contributed by atoms with van der Waals surface area (Å²) in [7, 11) is 22.0. The minimum atomic E-state index is -1.08. The number of fused-ring (bicyclic) bond motifs is 2. The maximum Gasteiger partial charge on any atom is 0.187 e.